The summed E-state index contributed by atoms with van der Waals surface area (Å²) in [7, 11) is 0. The first kappa shape index (κ1) is 68.0. The van der Waals surface area contributed by atoms with Gasteiger partial charge in [-0.1, -0.05) is 110 Å². The van der Waals surface area contributed by atoms with E-state index in [2.05, 4.69) is 62.2 Å². The van der Waals surface area contributed by atoms with Gasteiger partial charge in [0.25, 0.3) is 0 Å². The number of ether oxygens (including phenoxy) is 2. The van der Waals surface area contributed by atoms with E-state index in [4.69, 9.17) is 40.9 Å². The van der Waals surface area contributed by atoms with Gasteiger partial charge < -0.3 is 76.9 Å². The standard InChI is InChI=1S/C27H27NO3.C20H16N2O3.C20H13NO4.C19H14N2O/c1-5-9-18-14-24-21(12-16(18)3)26(19-10-7-8-11-20(19)27(29)30)22-13-17(4)23(28-6-2)15-25(22)31-24;2*21-11-5-7-15-17(9-11)25-18-10-12(22)6-8-16(18)19(15)13-3-1-2-4-14(13)20(23)24;20-13-6-8-15-17(10-13)22-18-11-14(21)7-9-16(18)19(15)12-4-2-1-3-5-12/h7-15,28H,5-6H2,1-4H3,(H,29,30);1-11H,21-22H2,(H,23,24);1-10H,21H2,(H,23,24);1-11,20H,21H2/p-1/b18-9-;;;. The highest BCUT2D eigenvalue weighted by Gasteiger charge is 2.30. The largest absolute Gasteiger partial charge is 0.545 e. The van der Waals surface area contributed by atoms with Crippen LogP contribution in [0.3, 0.4) is 0 Å². The number of fused-ring (bicyclic) bond motifs is 8. The third-order valence-corrected chi connectivity index (χ3v) is 17.9. The second-order valence-electron chi connectivity index (χ2n) is 24.9. The zero-order valence-corrected chi connectivity index (χ0v) is 56.6. The first-order chi connectivity index (χ1) is 49.7. The van der Waals surface area contributed by atoms with Crippen LogP contribution in [0.15, 0.2) is 262 Å². The molecule has 7 aliphatic rings. The highest BCUT2D eigenvalue weighted by Crippen LogP contribution is 2.47. The Hall–Kier alpha value is -13.5. The molecule has 0 saturated carbocycles. The van der Waals surface area contributed by atoms with Crippen molar-refractivity contribution in [2.75, 3.05) is 29.1 Å². The van der Waals surface area contributed by atoms with Crippen molar-refractivity contribution in [3.63, 3.8) is 0 Å². The van der Waals surface area contributed by atoms with Gasteiger partial charge in [0.1, 0.15) is 51.7 Å². The molecular formula is C86H69N6O11-. The van der Waals surface area contributed by atoms with E-state index in [0.717, 1.165) is 107 Å². The van der Waals surface area contributed by atoms with Gasteiger partial charge in [0.2, 0.25) is 0 Å². The number of nitrogen functional groups attached to an aromatic ring is 3. The van der Waals surface area contributed by atoms with Crippen LogP contribution in [0.4, 0.5) is 22.7 Å². The Morgan fingerprint density at radius 1 is 0.553 bits per heavy atom. The van der Waals surface area contributed by atoms with E-state index in [9.17, 15) is 34.5 Å². The third kappa shape index (κ3) is 13.7. The van der Waals surface area contributed by atoms with E-state index in [0.29, 0.717) is 84.6 Å². The summed E-state index contributed by atoms with van der Waals surface area (Å²) in [6.45, 7) is 9.07. The molecule has 4 heterocycles. The number of aryl methyl sites for hydroxylation is 2. The monoisotopic (exact) mass is 1360 g/mol. The molecule has 12 N–H and O–H groups in total. The van der Waals surface area contributed by atoms with Crippen molar-refractivity contribution in [1.82, 2.24) is 0 Å². The number of aromatic carboxylic acids is 3. The number of benzene rings is 11. The highest BCUT2D eigenvalue weighted by molar-refractivity contribution is 6.08. The Kier molecular flexibility index (Phi) is 19.0. The lowest BCUT2D eigenvalue weighted by Gasteiger charge is -2.28. The average Bonchev–Trinajstić information content (AvgIpc) is 0.758. The number of carbonyl (C=O) groups is 3. The van der Waals surface area contributed by atoms with Crippen LogP contribution in [0, 0.1) is 19.3 Å². The predicted octanol–water partition coefficient (Wildman–Crippen LogP) is 12.6. The number of hydrogen-bond acceptors (Lipinski definition) is 15. The summed E-state index contributed by atoms with van der Waals surface area (Å²) in [5.74, 6) is 0.359. The van der Waals surface area contributed by atoms with Gasteiger partial charge in [0, 0.05) is 149 Å². The lowest BCUT2D eigenvalue weighted by molar-refractivity contribution is -0.387. The van der Waals surface area contributed by atoms with E-state index in [-0.39, 0.29) is 28.2 Å². The van der Waals surface area contributed by atoms with Gasteiger partial charge in [0.05, 0.1) is 22.9 Å². The van der Waals surface area contributed by atoms with E-state index in [1.165, 1.54) is 12.1 Å². The zero-order chi connectivity index (χ0) is 72.3. The number of nitrogens with two attached hydrogens (primary N) is 3. The van der Waals surface area contributed by atoms with Crippen LogP contribution in [0.2, 0.25) is 0 Å². The van der Waals surface area contributed by atoms with E-state index < -0.39 is 17.9 Å². The van der Waals surface area contributed by atoms with Gasteiger partial charge in [0.15, 0.2) is 5.43 Å². The van der Waals surface area contributed by atoms with Gasteiger partial charge >= 0.3 is 5.97 Å². The first-order valence-corrected chi connectivity index (χ1v) is 33.3. The van der Waals surface area contributed by atoms with Gasteiger partial charge in [-0.2, -0.15) is 0 Å². The lowest BCUT2D eigenvalue weighted by atomic mass is 9.85. The fourth-order valence-electron chi connectivity index (χ4n) is 13.3. The summed E-state index contributed by atoms with van der Waals surface area (Å²) >= 11 is 0. The summed E-state index contributed by atoms with van der Waals surface area (Å²) in [6, 6.07) is 65.2. The van der Waals surface area contributed by atoms with Crippen LogP contribution in [0.5, 0.6) is 17.2 Å². The summed E-state index contributed by atoms with van der Waals surface area (Å²) in [4.78, 5) is 47.0. The second kappa shape index (κ2) is 28.8. The van der Waals surface area contributed by atoms with Crippen molar-refractivity contribution < 1.29 is 53.7 Å². The van der Waals surface area contributed by atoms with Crippen molar-refractivity contribution in [1.29, 1.82) is 5.41 Å². The molecule has 3 aliphatic carbocycles. The van der Waals surface area contributed by atoms with Crippen LogP contribution < -0.4 is 69.2 Å². The summed E-state index contributed by atoms with van der Waals surface area (Å²) in [6.07, 6.45) is 8.87. The van der Waals surface area contributed by atoms with Gasteiger partial charge in [-0.25, -0.2) is 4.79 Å². The van der Waals surface area contributed by atoms with Crippen molar-refractivity contribution in [2.24, 2.45) is 0 Å². The molecule has 0 aromatic heterocycles. The quantitative estimate of drug-likeness (QED) is 0.0494. The fraction of sp³-hybridized carbons (Fsp3) is 0.0814. The number of quaternary nitrogens is 1. The van der Waals surface area contributed by atoms with Gasteiger partial charge in [-0.3, -0.25) is 4.79 Å². The van der Waals surface area contributed by atoms with Gasteiger partial charge in [-0.15, -0.1) is 0 Å². The molecule has 4 aliphatic heterocycles. The minimum Gasteiger partial charge on any atom is -0.545 e. The van der Waals surface area contributed by atoms with Crippen molar-refractivity contribution in [3.05, 3.63) is 324 Å². The first-order valence-electron chi connectivity index (χ1n) is 33.3. The van der Waals surface area contributed by atoms with E-state index >= 15 is 0 Å². The Morgan fingerprint density at radius 3 is 1.77 bits per heavy atom. The molecule has 510 valence electrons. The molecule has 9 aromatic carbocycles. The van der Waals surface area contributed by atoms with Crippen molar-refractivity contribution in [3.8, 4) is 62.1 Å². The van der Waals surface area contributed by atoms with E-state index in [1.54, 1.807) is 103 Å². The minimum absolute atomic E-state index is 0.0148. The maximum Gasteiger partial charge on any atom is 0.336 e. The molecule has 0 bridgehead atoms. The molecule has 0 amide bonds. The number of nitrogens with one attached hydrogen (secondary N) is 2. The predicted molar refractivity (Wildman–Crippen MR) is 400 cm³/mol. The topological polar surface area (TPSA) is 321 Å². The molecule has 1 unspecified atom stereocenters. The average molecular weight is 1360 g/mol. The summed E-state index contributed by atoms with van der Waals surface area (Å²) in [5, 5.41) is 48.5. The summed E-state index contributed by atoms with van der Waals surface area (Å²) in [5.41, 5.74) is 38.7. The number of allylic oxidation sites excluding steroid dienone is 1. The molecule has 17 nitrogen and oxygen atoms in total. The molecule has 0 spiro atoms. The Morgan fingerprint density at radius 2 is 1.12 bits per heavy atom. The normalized spacial score (nSPS) is 13.3. The smallest absolute Gasteiger partial charge is 0.336 e. The van der Waals surface area contributed by atoms with Gasteiger partial charge in [-0.05, 0) is 163 Å². The molecule has 0 fully saturated rings. The second-order valence-corrected chi connectivity index (χ2v) is 24.9. The fourth-order valence-corrected chi connectivity index (χ4v) is 13.3. The van der Waals surface area contributed by atoms with Crippen molar-refractivity contribution in [2.45, 2.75) is 40.2 Å². The number of carboxylic acids is 3. The van der Waals surface area contributed by atoms with Crippen LogP contribution >= 0.6 is 0 Å². The number of carbonyl (C=O) groups excluding carboxylic acids is 2. The Labute approximate surface area is 591 Å². The van der Waals surface area contributed by atoms with Crippen LogP contribution in [0.25, 0.3) is 84.1 Å². The zero-order valence-electron chi connectivity index (χ0n) is 56.6. The third-order valence-electron chi connectivity index (χ3n) is 17.9. The number of rotatable bonds is 10. The Bertz CT molecular complexity index is 5890. The maximum absolute atomic E-state index is 11.9. The summed E-state index contributed by atoms with van der Waals surface area (Å²) < 4.78 is 24.2. The van der Waals surface area contributed by atoms with E-state index in [1.807, 2.05) is 104 Å². The molecule has 17 heteroatoms. The number of carboxylic acid groups (broad SMARTS) is 3. The van der Waals surface area contributed by atoms with Crippen molar-refractivity contribution >= 4 is 79.8 Å². The minimum atomic E-state index is -1.22. The molecular weight excluding hydrogens is 1290 g/mol. The van der Waals surface area contributed by atoms with Crippen LogP contribution in [0.1, 0.15) is 84.7 Å². The highest BCUT2D eigenvalue weighted by atomic mass is 16.5. The molecule has 0 saturated heterocycles. The molecule has 103 heavy (non-hydrogen) atoms. The molecule has 1 atom stereocenters. The SMILES string of the molecule is CC/C=c1/cc2c(cc1C)=C(c1ccccc1C(=O)[O-])c1cc(C)c(NCC)cc1O2.N=c1ccc2c(-c3ccccc3)c3ccc(N)cc3oc-2c1.Nc1ccc2c(-c3ccccc3C(=O)O)c3ccc(=O)cc-3oc2c1.Nc1ccc2c(c1)OC1=CC([NH3+])C=CC1=C2c1ccccc1C(=O)[O-]. The molecule has 16 rings (SSSR count). The molecule has 9 aromatic rings. The van der Waals surface area contributed by atoms with Crippen LogP contribution in [-0.2, 0) is 0 Å². The Balaban J connectivity index is 0.000000123. The number of hydrogen-bond donors (Lipinski definition) is 7. The maximum atomic E-state index is 11.9. The number of anilines is 4. The van der Waals surface area contributed by atoms with Crippen LogP contribution in [-0.4, -0.2) is 35.6 Å². The molecule has 0 radical (unpaired) electrons. The lowest BCUT2D eigenvalue weighted by Crippen LogP contribution is -2.59.